The smallest absolute Gasteiger partial charge is 0.471 e. The van der Waals surface area contributed by atoms with Gasteiger partial charge in [0.05, 0.1) is 34.5 Å². The third-order valence-electron chi connectivity index (χ3n) is 7.91. The number of benzene rings is 5. The first-order chi connectivity index (χ1) is 24.7. The average molecular weight is 937 g/mol. The van der Waals surface area contributed by atoms with E-state index in [4.69, 9.17) is 5.26 Å². The van der Waals surface area contributed by atoms with Gasteiger partial charge in [-0.2, -0.15) is 36.9 Å². The Hall–Kier alpha value is -4.46. The first-order valence-corrected chi connectivity index (χ1v) is 18.7. The summed E-state index contributed by atoms with van der Waals surface area (Å²) in [6.45, 7) is 0. The molecule has 0 fully saturated rings. The number of hydrogen-bond donors (Lipinski definition) is 2. The molecular weight excluding hydrogens is 913 g/mol. The summed E-state index contributed by atoms with van der Waals surface area (Å²) in [7, 11) is -2.50. The second-order valence-corrected chi connectivity index (χ2v) is 16.4. The van der Waals surface area contributed by atoms with Crippen LogP contribution in [0.1, 0.15) is 22.4 Å². The molecule has 1 amide bonds. The van der Waals surface area contributed by atoms with Crippen LogP contribution in [0.3, 0.4) is 0 Å². The van der Waals surface area contributed by atoms with E-state index in [0.29, 0.717) is 26.5 Å². The lowest BCUT2D eigenvalue weighted by Gasteiger charge is -2.29. The molecule has 5 aromatic carbocycles. The van der Waals surface area contributed by atoms with E-state index in [1.165, 1.54) is 18.2 Å². The van der Waals surface area contributed by atoms with E-state index in [9.17, 15) is 36.4 Å². The summed E-state index contributed by atoms with van der Waals surface area (Å²) in [5.41, 5.74) is 0.540. The van der Waals surface area contributed by atoms with E-state index in [2.05, 4.69) is 42.9 Å². The molecule has 0 saturated heterocycles. The molecule has 15 heteroatoms. The number of carbonyl (C=O) groups excluding carboxylic acids is 1. The molecule has 0 atom stereocenters. The third-order valence-corrected chi connectivity index (χ3v) is 13.5. The maximum absolute atomic E-state index is 13.2. The van der Waals surface area contributed by atoms with Gasteiger partial charge in [0.25, 0.3) is 0 Å². The number of aromatic nitrogens is 1. The van der Waals surface area contributed by atoms with E-state index >= 15 is 0 Å². The molecule has 270 valence electrons. The Labute approximate surface area is 328 Å². The van der Waals surface area contributed by atoms with Gasteiger partial charge in [-0.05, 0) is 98.6 Å². The molecule has 0 aliphatic carbocycles. The molecule has 53 heavy (non-hydrogen) atoms. The summed E-state index contributed by atoms with van der Waals surface area (Å²) in [6.07, 6.45) is -9.19. The normalized spacial score (nSPS) is 11.4. The summed E-state index contributed by atoms with van der Waals surface area (Å²) in [5, 5.41) is 23.8. The zero-order valence-electron chi connectivity index (χ0n) is 26.9. The van der Waals surface area contributed by atoms with Crippen molar-refractivity contribution >= 4 is 77.5 Å². The number of hydrogen-bond acceptors (Lipinski definition) is 3. The Kier molecular flexibility index (Phi) is 13.3. The number of halogens is 9. The van der Waals surface area contributed by atoms with Gasteiger partial charge in [0.15, 0.2) is 0 Å². The summed E-state index contributed by atoms with van der Waals surface area (Å²) < 4.78 is 77.5. The average Bonchev–Trinajstić information content (AvgIpc) is 3.59. The fourth-order valence-corrected chi connectivity index (χ4v) is 11.0. The van der Waals surface area contributed by atoms with E-state index in [1.54, 1.807) is 6.07 Å². The maximum atomic E-state index is 13.2. The van der Waals surface area contributed by atoms with Gasteiger partial charge in [-0.1, -0.05) is 54.6 Å². The monoisotopic (exact) mass is 934 g/mol. The molecule has 5 nitrogen and oxygen atoms in total. The van der Waals surface area contributed by atoms with Crippen LogP contribution in [0.2, 0.25) is 0 Å². The predicted molar refractivity (Wildman–Crippen MR) is 198 cm³/mol. The number of H-pyrrole nitrogens is 1. The second kappa shape index (κ2) is 17.1. The van der Waals surface area contributed by atoms with E-state index in [1.807, 2.05) is 102 Å². The van der Waals surface area contributed by atoms with Gasteiger partial charge in [-0.25, -0.2) is 0 Å². The van der Waals surface area contributed by atoms with E-state index in [-0.39, 0.29) is 38.9 Å². The van der Waals surface area contributed by atoms with Crippen molar-refractivity contribution in [2.45, 2.75) is 18.5 Å². The van der Waals surface area contributed by atoms with Gasteiger partial charge in [-0.3, -0.25) is 4.79 Å². The molecule has 0 bridgehead atoms. The van der Waals surface area contributed by atoms with Gasteiger partial charge in [0.1, 0.15) is 35.0 Å². The fourth-order valence-electron chi connectivity index (χ4n) is 5.62. The summed E-state index contributed by atoms with van der Waals surface area (Å²) in [4.78, 5) is 14.2. The molecule has 0 radical (unpaired) electrons. The lowest BCUT2D eigenvalue weighted by molar-refractivity contribution is -0.167. The van der Waals surface area contributed by atoms with Crippen LogP contribution in [0.25, 0.3) is 10.9 Å². The van der Waals surface area contributed by atoms with Gasteiger partial charge in [0, 0.05) is 19.9 Å². The van der Waals surface area contributed by atoms with Crippen LogP contribution in [0, 0.1) is 22.7 Å². The van der Waals surface area contributed by atoms with Crippen LogP contribution < -0.4 is 38.2 Å². The highest BCUT2D eigenvalue weighted by atomic mass is 79.9. The van der Waals surface area contributed by atoms with Crippen LogP contribution in [0.15, 0.2) is 130 Å². The first-order valence-electron chi connectivity index (χ1n) is 15.1. The van der Waals surface area contributed by atoms with E-state index in [0.717, 1.165) is 22.0 Å². The SMILES string of the molecule is N#Cc1cc(Br)c(NC(=O)C(F)(F)F)c(C[P+](c2ccccc2)(c2ccccc2)c2ccccc2)c1.N#Cc1cc(Br)c2[nH]c(C(F)(F)F)cc2c1.[Br-]. The Morgan fingerprint density at radius 2 is 1.15 bits per heavy atom. The van der Waals surface area contributed by atoms with Crippen molar-refractivity contribution in [1.82, 2.24) is 4.98 Å². The van der Waals surface area contributed by atoms with Crippen LogP contribution in [-0.4, -0.2) is 17.1 Å². The van der Waals surface area contributed by atoms with Gasteiger partial charge in [-0.15, -0.1) is 0 Å². The maximum Gasteiger partial charge on any atom is 0.471 e. The highest BCUT2D eigenvalue weighted by Crippen LogP contribution is 2.59. The van der Waals surface area contributed by atoms with Crippen molar-refractivity contribution in [1.29, 1.82) is 10.5 Å². The van der Waals surface area contributed by atoms with Crippen molar-refractivity contribution in [2.75, 3.05) is 5.32 Å². The largest absolute Gasteiger partial charge is 1.00 e. The van der Waals surface area contributed by atoms with Crippen molar-refractivity contribution < 1.29 is 48.1 Å². The standard InChI is InChI=1S/C28H19BrF3N2OP.C10H4BrF3N2.BrH/c29-25-17-20(18-33)16-21(26(25)34-27(35)28(30,31)32)19-36(22-10-4-1-5-11-22,23-12-6-2-7-13-23)24-14-8-3-9-15-24;11-7-2-5(4-15)1-6-3-8(10(12,13)14)16-9(6)7;/h1-17H,19H2;1-3,16H;1H. The molecule has 0 unspecified atom stereocenters. The Morgan fingerprint density at radius 3 is 1.58 bits per heavy atom. The summed E-state index contributed by atoms with van der Waals surface area (Å²) in [5.74, 6) is -2.07. The summed E-state index contributed by atoms with van der Waals surface area (Å²) >= 11 is 6.41. The van der Waals surface area contributed by atoms with Crippen molar-refractivity contribution in [3.63, 3.8) is 0 Å². The highest BCUT2D eigenvalue weighted by molar-refractivity contribution is 9.11. The number of amides is 1. The molecule has 6 aromatic rings. The minimum absolute atomic E-state index is 0. The number of anilines is 1. The Morgan fingerprint density at radius 1 is 0.698 bits per heavy atom. The van der Waals surface area contributed by atoms with Crippen LogP contribution in [-0.2, 0) is 17.1 Å². The molecule has 1 aromatic heterocycles. The number of rotatable bonds is 6. The van der Waals surface area contributed by atoms with Gasteiger partial charge in [0.2, 0.25) is 0 Å². The Balaban J connectivity index is 0.000000308. The van der Waals surface area contributed by atoms with Gasteiger partial charge >= 0.3 is 18.3 Å². The minimum Gasteiger partial charge on any atom is -1.00 e. The predicted octanol–water partition coefficient (Wildman–Crippen LogP) is 7.14. The van der Waals surface area contributed by atoms with Crippen molar-refractivity contribution in [3.05, 3.63) is 153 Å². The number of alkyl halides is 6. The molecule has 1 heterocycles. The number of fused-ring (bicyclic) bond motifs is 1. The van der Waals surface area contributed by atoms with Crippen molar-refractivity contribution in [2.24, 2.45) is 0 Å². The molecule has 0 aliphatic heterocycles. The van der Waals surface area contributed by atoms with Crippen LogP contribution in [0.5, 0.6) is 0 Å². The topological polar surface area (TPSA) is 92.5 Å². The number of carbonyl (C=O) groups is 1. The lowest BCUT2D eigenvalue weighted by atomic mass is 10.1. The second-order valence-electron chi connectivity index (χ2n) is 11.2. The zero-order chi connectivity index (χ0) is 37.7. The number of nitriles is 2. The fraction of sp³-hybridized carbons (Fsp3) is 0.0789. The zero-order valence-corrected chi connectivity index (χ0v) is 32.6. The highest BCUT2D eigenvalue weighted by Gasteiger charge is 2.47. The molecular formula is C38H24Br3F6N4OP. The third kappa shape index (κ3) is 9.38. The first kappa shape index (κ1) is 41.3. The van der Waals surface area contributed by atoms with Crippen molar-refractivity contribution in [3.8, 4) is 12.1 Å². The molecule has 0 saturated carbocycles. The minimum atomic E-state index is -5.06. The number of nitrogens with zero attached hydrogens (tertiary/aromatic N) is 2. The van der Waals surface area contributed by atoms with Crippen LogP contribution >= 0.6 is 39.1 Å². The summed E-state index contributed by atoms with van der Waals surface area (Å²) in [6, 6.07) is 40.2. The molecule has 6 rings (SSSR count). The Bertz CT molecular complexity index is 2210. The number of aromatic amines is 1. The quantitative estimate of drug-likeness (QED) is 0.138. The molecule has 2 N–H and O–H groups in total. The number of nitrogens with one attached hydrogen (secondary N) is 2. The molecule has 0 spiro atoms. The van der Waals surface area contributed by atoms with Crippen LogP contribution in [0.4, 0.5) is 32.0 Å². The van der Waals surface area contributed by atoms with E-state index < -0.39 is 31.2 Å². The molecule has 0 aliphatic rings. The lowest BCUT2D eigenvalue weighted by Crippen LogP contribution is -3.00. The van der Waals surface area contributed by atoms with Gasteiger partial charge < -0.3 is 27.3 Å².